The van der Waals surface area contributed by atoms with Gasteiger partial charge in [0.15, 0.2) is 5.11 Å². The second-order valence-corrected chi connectivity index (χ2v) is 6.75. The molecule has 0 aliphatic carbocycles. The molecule has 0 unspecified atom stereocenters. The molecule has 0 atom stereocenters. The lowest BCUT2D eigenvalue weighted by Crippen LogP contribution is -2.39. The molecule has 0 aliphatic heterocycles. The number of rotatable bonds is 8. The lowest BCUT2D eigenvalue weighted by atomic mass is 10.3. The van der Waals surface area contributed by atoms with Crippen LogP contribution in [0.3, 0.4) is 0 Å². The summed E-state index contributed by atoms with van der Waals surface area (Å²) in [5.74, 6) is 2.90. The maximum atomic E-state index is 5.22. The first kappa shape index (κ1) is 17.1. The summed E-state index contributed by atoms with van der Waals surface area (Å²) in [7, 11) is 4.10. The van der Waals surface area contributed by atoms with Gasteiger partial charge in [0.25, 0.3) is 0 Å². The van der Waals surface area contributed by atoms with Crippen LogP contribution in [-0.4, -0.2) is 59.5 Å². The summed E-state index contributed by atoms with van der Waals surface area (Å²) in [5, 5.41) is 7.14. The topological polar surface area (TPSA) is 56.0 Å². The van der Waals surface area contributed by atoms with E-state index in [1.54, 1.807) is 0 Å². The average Bonchev–Trinajstić information content (AvgIpc) is 2.89. The predicted octanol–water partition coefficient (Wildman–Crippen LogP) is 1.82. The number of aromatic amines is 1. The molecule has 0 fully saturated rings. The Morgan fingerprint density at radius 1 is 1.27 bits per heavy atom. The second kappa shape index (κ2) is 8.97. The van der Waals surface area contributed by atoms with Crippen molar-refractivity contribution in [1.29, 1.82) is 0 Å². The number of benzene rings is 1. The highest BCUT2D eigenvalue weighted by Crippen LogP contribution is 2.14. The van der Waals surface area contributed by atoms with Crippen LogP contribution in [0.2, 0.25) is 0 Å². The Hall–Kier alpha value is -1.31. The zero-order valence-electron chi connectivity index (χ0n) is 13.1. The SMILES string of the molecule is CN(C)CCNC(=S)NCCSCc1nc2ccccc2[nH]1. The number of thioether (sulfide) groups is 1. The number of hydrogen-bond donors (Lipinski definition) is 3. The minimum atomic E-state index is 0.728. The van der Waals surface area contributed by atoms with Crippen molar-refractivity contribution < 1.29 is 0 Å². The van der Waals surface area contributed by atoms with Gasteiger partial charge in [-0.2, -0.15) is 11.8 Å². The Bertz CT molecular complexity index is 563. The Morgan fingerprint density at radius 2 is 2.05 bits per heavy atom. The summed E-state index contributed by atoms with van der Waals surface area (Å²) < 4.78 is 0. The number of fused-ring (bicyclic) bond motifs is 1. The maximum Gasteiger partial charge on any atom is 0.166 e. The molecule has 3 N–H and O–H groups in total. The van der Waals surface area contributed by atoms with Crippen LogP contribution in [0.1, 0.15) is 5.82 Å². The zero-order valence-corrected chi connectivity index (χ0v) is 14.7. The molecule has 0 saturated carbocycles. The first-order chi connectivity index (χ1) is 10.6. The first-order valence-electron chi connectivity index (χ1n) is 7.33. The third-order valence-electron chi connectivity index (χ3n) is 3.05. The summed E-state index contributed by atoms with van der Waals surface area (Å²) >= 11 is 7.06. The normalized spacial score (nSPS) is 11.0. The number of nitrogens with one attached hydrogen (secondary N) is 3. The van der Waals surface area contributed by atoms with Gasteiger partial charge < -0.3 is 20.5 Å². The third-order valence-corrected chi connectivity index (χ3v) is 4.31. The van der Waals surface area contributed by atoms with Crippen LogP contribution in [0, 0.1) is 0 Å². The molecule has 7 heteroatoms. The van der Waals surface area contributed by atoms with Crippen molar-refractivity contribution in [2.45, 2.75) is 5.75 Å². The van der Waals surface area contributed by atoms with Crippen LogP contribution in [0.4, 0.5) is 0 Å². The van der Waals surface area contributed by atoms with Gasteiger partial charge in [0.1, 0.15) is 5.82 Å². The fourth-order valence-electron chi connectivity index (χ4n) is 1.94. The van der Waals surface area contributed by atoms with Gasteiger partial charge >= 0.3 is 0 Å². The van der Waals surface area contributed by atoms with E-state index in [9.17, 15) is 0 Å². The lowest BCUT2D eigenvalue weighted by Gasteiger charge is -2.13. The van der Waals surface area contributed by atoms with E-state index in [4.69, 9.17) is 12.2 Å². The molecule has 2 aromatic rings. The molecule has 0 spiro atoms. The minimum absolute atomic E-state index is 0.728. The summed E-state index contributed by atoms with van der Waals surface area (Å²) in [5.41, 5.74) is 2.13. The summed E-state index contributed by atoms with van der Waals surface area (Å²) in [6, 6.07) is 8.11. The Balaban J connectivity index is 1.58. The monoisotopic (exact) mass is 337 g/mol. The van der Waals surface area contributed by atoms with Crippen molar-refractivity contribution in [1.82, 2.24) is 25.5 Å². The van der Waals surface area contributed by atoms with E-state index in [1.165, 1.54) is 0 Å². The zero-order chi connectivity index (χ0) is 15.8. The van der Waals surface area contributed by atoms with Crippen LogP contribution in [0.5, 0.6) is 0 Å². The Labute approximate surface area is 141 Å². The van der Waals surface area contributed by atoms with Crippen molar-refractivity contribution in [2.24, 2.45) is 0 Å². The molecule has 0 aliphatic rings. The molecule has 0 radical (unpaired) electrons. The van der Waals surface area contributed by atoms with Gasteiger partial charge in [-0.25, -0.2) is 4.98 Å². The Morgan fingerprint density at radius 3 is 2.82 bits per heavy atom. The van der Waals surface area contributed by atoms with Crippen LogP contribution in [0.25, 0.3) is 11.0 Å². The molecule has 2 rings (SSSR count). The maximum absolute atomic E-state index is 5.22. The third kappa shape index (κ3) is 5.82. The number of hydrogen-bond acceptors (Lipinski definition) is 4. The molecule has 1 aromatic carbocycles. The number of imidazole rings is 1. The smallest absolute Gasteiger partial charge is 0.166 e. The van der Waals surface area contributed by atoms with Crippen LogP contribution in [-0.2, 0) is 5.75 Å². The lowest BCUT2D eigenvalue weighted by molar-refractivity contribution is 0.412. The van der Waals surface area contributed by atoms with Crippen LogP contribution in [0.15, 0.2) is 24.3 Å². The van der Waals surface area contributed by atoms with Crippen molar-refractivity contribution in [2.75, 3.05) is 39.5 Å². The summed E-state index contributed by atoms with van der Waals surface area (Å²) in [4.78, 5) is 10.0. The number of likely N-dealkylation sites (N-methyl/N-ethyl adjacent to an activating group) is 1. The molecule has 120 valence electrons. The van der Waals surface area contributed by atoms with E-state index in [2.05, 4.69) is 31.6 Å². The molecular formula is C15H23N5S2. The minimum Gasteiger partial charge on any atom is -0.362 e. The van der Waals surface area contributed by atoms with Gasteiger partial charge in [-0.15, -0.1) is 0 Å². The van der Waals surface area contributed by atoms with Gasteiger partial charge in [0, 0.05) is 25.4 Å². The molecule has 5 nitrogen and oxygen atoms in total. The first-order valence-corrected chi connectivity index (χ1v) is 8.89. The van der Waals surface area contributed by atoms with Gasteiger partial charge in [0.05, 0.1) is 16.8 Å². The second-order valence-electron chi connectivity index (χ2n) is 5.24. The van der Waals surface area contributed by atoms with Gasteiger partial charge in [0.2, 0.25) is 0 Å². The highest BCUT2D eigenvalue weighted by molar-refractivity contribution is 7.98. The number of H-pyrrole nitrogens is 1. The van der Waals surface area contributed by atoms with Crippen molar-refractivity contribution in [3.05, 3.63) is 30.1 Å². The molecule has 1 heterocycles. The van der Waals surface area contributed by atoms with Crippen molar-refractivity contribution in [3.63, 3.8) is 0 Å². The number of aromatic nitrogens is 2. The highest BCUT2D eigenvalue weighted by Gasteiger charge is 2.02. The summed E-state index contributed by atoms with van der Waals surface area (Å²) in [6.45, 7) is 2.70. The van der Waals surface area contributed by atoms with E-state index in [0.29, 0.717) is 0 Å². The van der Waals surface area contributed by atoms with Crippen LogP contribution >= 0.6 is 24.0 Å². The average molecular weight is 338 g/mol. The van der Waals surface area contributed by atoms with Gasteiger partial charge in [-0.1, -0.05) is 12.1 Å². The Kier molecular flexibility index (Phi) is 6.95. The fourth-order valence-corrected chi connectivity index (χ4v) is 2.86. The molecule has 0 saturated heterocycles. The molecule has 1 aromatic heterocycles. The number of nitrogens with zero attached hydrogens (tertiary/aromatic N) is 2. The van der Waals surface area contributed by atoms with E-state index in [1.807, 2.05) is 44.1 Å². The fraction of sp³-hybridized carbons (Fsp3) is 0.467. The highest BCUT2D eigenvalue weighted by atomic mass is 32.2. The van der Waals surface area contributed by atoms with Gasteiger partial charge in [-0.05, 0) is 38.4 Å². The van der Waals surface area contributed by atoms with Crippen molar-refractivity contribution >= 4 is 40.1 Å². The number of thiocarbonyl (C=S) groups is 1. The van der Waals surface area contributed by atoms with E-state index in [-0.39, 0.29) is 0 Å². The molecule has 0 bridgehead atoms. The van der Waals surface area contributed by atoms with Gasteiger partial charge in [-0.3, -0.25) is 0 Å². The standard InChI is InChI=1S/C15H23N5S2/c1-20(2)9-7-16-15(21)17-8-10-22-11-14-18-12-5-3-4-6-13(12)19-14/h3-6H,7-11H2,1-2H3,(H,18,19)(H2,16,17,21). The van der Waals surface area contributed by atoms with Crippen molar-refractivity contribution in [3.8, 4) is 0 Å². The van der Waals surface area contributed by atoms with E-state index < -0.39 is 0 Å². The predicted molar refractivity (Wildman–Crippen MR) is 99.4 cm³/mol. The molecular weight excluding hydrogens is 314 g/mol. The molecule has 22 heavy (non-hydrogen) atoms. The van der Waals surface area contributed by atoms with E-state index in [0.717, 1.165) is 53.1 Å². The largest absolute Gasteiger partial charge is 0.362 e. The quantitative estimate of drug-likeness (QED) is 0.505. The summed E-state index contributed by atoms with van der Waals surface area (Å²) in [6.07, 6.45) is 0. The van der Waals surface area contributed by atoms with Crippen LogP contribution < -0.4 is 10.6 Å². The molecule has 0 amide bonds. The number of para-hydroxylation sites is 2. The van der Waals surface area contributed by atoms with E-state index >= 15 is 0 Å².